The first-order valence-corrected chi connectivity index (χ1v) is 8.21. The number of nitrogens with zero attached hydrogens (tertiary/aromatic N) is 1. The van der Waals surface area contributed by atoms with E-state index < -0.39 is 5.97 Å². The lowest BCUT2D eigenvalue weighted by atomic mass is 10.2. The average Bonchev–Trinajstić information content (AvgIpc) is 2.93. The van der Waals surface area contributed by atoms with Gasteiger partial charge in [-0.25, -0.2) is 4.79 Å². The van der Waals surface area contributed by atoms with Crippen LogP contribution in [0.5, 0.6) is 0 Å². The molecule has 0 radical (unpaired) electrons. The van der Waals surface area contributed by atoms with Gasteiger partial charge in [-0.3, -0.25) is 14.5 Å². The second-order valence-electron chi connectivity index (χ2n) is 5.38. The number of carbonyl (C=O) groups excluding carboxylic acids is 3. The van der Waals surface area contributed by atoms with Gasteiger partial charge in [0, 0.05) is 17.3 Å². The van der Waals surface area contributed by atoms with Crippen molar-refractivity contribution < 1.29 is 19.1 Å². The first-order valence-electron chi connectivity index (χ1n) is 7.42. The molecule has 0 aliphatic carbocycles. The van der Waals surface area contributed by atoms with E-state index in [-0.39, 0.29) is 31.3 Å². The normalized spacial score (nSPS) is 14.1. The summed E-state index contributed by atoms with van der Waals surface area (Å²) in [7, 11) is 0. The fraction of sp³-hybridized carbons (Fsp3) is 0.167. The molecule has 1 saturated heterocycles. The Labute approximate surface area is 147 Å². The summed E-state index contributed by atoms with van der Waals surface area (Å²) < 4.78 is 6.23. The molecule has 0 spiro atoms. The smallest absolute Gasteiger partial charge is 0.338 e. The number of rotatable bonds is 4. The van der Waals surface area contributed by atoms with Crippen molar-refractivity contribution in [3.63, 3.8) is 0 Å². The summed E-state index contributed by atoms with van der Waals surface area (Å²) in [5.74, 6) is -1.00. The van der Waals surface area contributed by atoms with Crippen LogP contribution in [0.25, 0.3) is 0 Å². The molecule has 2 amide bonds. The summed E-state index contributed by atoms with van der Waals surface area (Å²) in [6, 6.07) is 13.8. The number of hydrogen-bond acceptors (Lipinski definition) is 4. The molecular weight excluding hydrogens is 374 g/mol. The molecule has 0 bridgehead atoms. The highest BCUT2D eigenvalue weighted by atomic mass is 79.9. The first kappa shape index (κ1) is 16.4. The Kier molecular flexibility index (Phi) is 4.76. The summed E-state index contributed by atoms with van der Waals surface area (Å²) in [6.45, 7) is 0.151. The third-order valence-electron chi connectivity index (χ3n) is 3.67. The molecule has 0 N–H and O–H groups in total. The molecule has 0 saturated carbocycles. The third-order valence-corrected chi connectivity index (χ3v) is 4.20. The van der Waals surface area contributed by atoms with Gasteiger partial charge in [0.25, 0.3) is 0 Å². The molecular formula is C18H14BrNO4. The molecule has 5 nitrogen and oxygen atoms in total. The molecule has 2 aromatic rings. The average molecular weight is 388 g/mol. The summed E-state index contributed by atoms with van der Waals surface area (Å²) in [6.07, 6.45) is 0.411. The zero-order valence-corrected chi connectivity index (χ0v) is 14.3. The number of benzene rings is 2. The second kappa shape index (κ2) is 6.97. The van der Waals surface area contributed by atoms with Gasteiger partial charge in [-0.1, -0.05) is 34.1 Å². The quantitative estimate of drug-likeness (QED) is 0.595. The lowest BCUT2D eigenvalue weighted by molar-refractivity contribution is -0.121. The maximum atomic E-state index is 12.2. The van der Waals surface area contributed by atoms with Gasteiger partial charge < -0.3 is 4.74 Å². The highest BCUT2D eigenvalue weighted by Gasteiger charge is 2.30. The number of hydrogen-bond donors (Lipinski definition) is 0. The zero-order valence-electron chi connectivity index (χ0n) is 12.7. The monoisotopic (exact) mass is 387 g/mol. The van der Waals surface area contributed by atoms with Crippen LogP contribution in [0, 0.1) is 0 Å². The Morgan fingerprint density at radius 2 is 1.71 bits per heavy atom. The maximum Gasteiger partial charge on any atom is 0.338 e. The SMILES string of the molecule is O=C(OCc1ccc(Br)cc1)c1cccc(N2C(=O)CCC2=O)c1. The van der Waals surface area contributed by atoms with Crippen molar-refractivity contribution in [1.29, 1.82) is 0 Å². The highest BCUT2D eigenvalue weighted by molar-refractivity contribution is 9.10. The zero-order chi connectivity index (χ0) is 17.1. The minimum atomic E-state index is -0.501. The molecule has 2 aromatic carbocycles. The summed E-state index contributed by atoms with van der Waals surface area (Å²) in [5, 5.41) is 0. The highest BCUT2D eigenvalue weighted by Crippen LogP contribution is 2.23. The van der Waals surface area contributed by atoms with Crippen LogP contribution in [0.3, 0.4) is 0 Å². The van der Waals surface area contributed by atoms with Crippen molar-refractivity contribution >= 4 is 39.4 Å². The fourth-order valence-corrected chi connectivity index (χ4v) is 2.71. The fourth-order valence-electron chi connectivity index (χ4n) is 2.45. The van der Waals surface area contributed by atoms with E-state index in [1.807, 2.05) is 24.3 Å². The van der Waals surface area contributed by atoms with Crippen LogP contribution in [-0.4, -0.2) is 17.8 Å². The van der Waals surface area contributed by atoms with Gasteiger partial charge in [0.2, 0.25) is 11.8 Å². The van der Waals surface area contributed by atoms with E-state index in [0.29, 0.717) is 11.3 Å². The minimum Gasteiger partial charge on any atom is -0.457 e. The largest absolute Gasteiger partial charge is 0.457 e. The van der Waals surface area contributed by atoms with Gasteiger partial charge in [-0.2, -0.15) is 0 Å². The van der Waals surface area contributed by atoms with Crippen LogP contribution in [0.15, 0.2) is 53.0 Å². The van der Waals surface area contributed by atoms with E-state index in [9.17, 15) is 14.4 Å². The van der Waals surface area contributed by atoms with Crippen molar-refractivity contribution in [3.05, 3.63) is 64.1 Å². The summed E-state index contributed by atoms with van der Waals surface area (Å²) in [5.41, 5.74) is 1.57. The molecule has 1 aliphatic rings. The molecule has 6 heteroatoms. The van der Waals surface area contributed by atoms with E-state index in [0.717, 1.165) is 14.9 Å². The molecule has 1 fully saturated rings. The number of halogens is 1. The van der Waals surface area contributed by atoms with E-state index in [1.54, 1.807) is 18.2 Å². The van der Waals surface area contributed by atoms with E-state index in [4.69, 9.17) is 4.74 Å². The topological polar surface area (TPSA) is 63.7 Å². The van der Waals surface area contributed by atoms with Gasteiger partial charge in [0.1, 0.15) is 6.61 Å². The van der Waals surface area contributed by atoms with Gasteiger partial charge in [0.15, 0.2) is 0 Å². The molecule has 24 heavy (non-hydrogen) atoms. The number of imide groups is 1. The number of carbonyl (C=O) groups is 3. The van der Waals surface area contributed by atoms with Gasteiger partial charge in [-0.05, 0) is 35.9 Å². The Morgan fingerprint density at radius 1 is 1.04 bits per heavy atom. The Bertz CT molecular complexity index is 785. The maximum absolute atomic E-state index is 12.2. The summed E-state index contributed by atoms with van der Waals surface area (Å²) >= 11 is 3.34. The predicted molar refractivity (Wildman–Crippen MR) is 91.4 cm³/mol. The third kappa shape index (κ3) is 3.54. The minimum absolute atomic E-state index is 0.151. The van der Waals surface area contributed by atoms with Crippen LogP contribution in [0.1, 0.15) is 28.8 Å². The molecule has 3 rings (SSSR count). The van der Waals surface area contributed by atoms with Gasteiger partial charge in [0.05, 0.1) is 11.3 Å². The number of amides is 2. The molecule has 1 aliphatic heterocycles. The lowest BCUT2D eigenvalue weighted by Crippen LogP contribution is -2.28. The van der Waals surface area contributed by atoms with E-state index in [2.05, 4.69) is 15.9 Å². The lowest BCUT2D eigenvalue weighted by Gasteiger charge is -2.14. The van der Waals surface area contributed by atoms with Crippen molar-refractivity contribution in [2.24, 2.45) is 0 Å². The van der Waals surface area contributed by atoms with Crippen LogP contribution >= 0.6 is 15.9 Å². The van der Waals surface area contributed by atoms with E-state index >= 15 is 0 Å². The Hall–Kier alpha value is -2.47. The first-order chi connectivity index (χ1) is 11.5. The van der Waals surface area contributed by atoms with Crippen LogP contribution in [-0.2, 0) is 20.9 Å². The van der Waals surface area contributed by atoms with Crippen molar-refractivity contribution in [1.82, 2.24) is 0 Å². The van der Waals surface area contributed by atoms with Gasteiger partial charge in [-0.15, -0.1) is 0 Å². The Morgan fingerprint density at radius 3 is 2.38 bits per heavy atom. The molecule has 122 valence electrons. The van der Waals surface area contributed by atoms with Crippen LogP contribution < -0.4 is 4.90 Å². The number of ether oxygens (including phenoxy) is 1. The molecule has 0 aromatic heterocycles. The Balaban J connectivity index is 1.71. The van der Waals surface area contributed by atoms with Crippen molar-refractivity contribution in [2.75, 3.05) is 4.90 Å². The van der Waals surface area contributed by atoms with Crippen LogP contribution in [0.4, 0.5) is 5.69 Å². The molecule has 1 heterocycles. The van der Waals surface area contributed by atoms with Crippen molar-refractivity contribution in [2.45, 2.75) is 19.4 Å². The standard InChI is InChI=1S/C18H14BrNO4/c19-14-6-4-12(5-7-14)11-24-18(23)13-2-1-3-15(10-13)20-16(21)8-9-17(20)22/h1-7,10H,8-9,11H2. The number of esters is 1. The van der Waals surface area contributed by atoms with Crippen molar-refractivity contribution in [3.8, 4) is 0 Å². The second-order valence-corrected chi connectivity index (χ2v) is 6.29. The van der Waals surface area contributed by atoms with E-state index in [1.165, 1.54) is 6.07 Å². The van der Waals surface area contributed by atoms with Crippen LogP contribution in [0.2, 0.25) is 0 Å². The molecule has 0 atom stereocenters. The summed E-state index contributed by atoms with van der Waals surface area (Å²) in [4.78, 5) is 36.9. The predicted octanol–water partition coefficient (Wildman–Crippen LogP) is 3.46. The molecule has 0 unspecified atom stereocenters. The number of anilines is 1. The van der Waals surface area contributed by atoms with Gasteiger partial charge >= 0.3 is 5.97 Å².